The van der Waals surface area contributed by atoms with E-state index in [1.807, 2.05) is 24.8 Å². The molecule has 0 radical (unpaired) electrons. The molecule has 0 bridgehead atoms. The minimum atomic E-state index is -0.527. The Morgan fingerprint density at radius 1 is 1.19 bits per heavy atom. The van der Waals surface area contributed by atoms with Crippen LogP contribution in [0.15, 0.2) is 59.8 Å². The van der Waals surface area contributed by atoms with E-state index >= 15 is 0 Å². The summed E-state index contributed by atoms with van der Waals surface area (Å²) in [6.07, 6.45) is 0. The molecule has 2 aromatic rings. The first-order valence-corrected chi connectivity index (χ1v) is 10.4. The van der Waals surface area contributed by atoms with Crippen LogP contribution in [0.1, 0.15) is 42.7 Å². The highest BCUT2D eigenvalue weighted by molar-refractivity contribution is 7.80. The number of hydrogen-bond acceptors (Lipinski definition) is 4. The summed E-state index contributed by atoms with van der Waals surface area (Å²) in [5, 5.41) is 6.48. The van der Waals surface area contributed by atoms with Gasteiger partial charge in [-0.15, -0.1) is 0 Å². The lowest BCUT2D eigenvalue weighted by Crippen LogP contribution is -2.47. The summed E-state index contributed by atoms with van der Waals surface area (Å²) < 4.78 is 18.7. The lowest BCUT2D eigenvalue weighted by molar-refractivity contribution is -0.139. The molecule has 1 heterocycles. The molecule has 1 unspecified atom stereocenters. The first-order valence-electron chi connectivity index (χ1n) is 9.98. The van der Waals surface area contributed by atoms with Crippen LogP contribution < -0.4 is 10.6 Å². The number of amides is 1. The summed E-state index contributed by atoms with van der Waals surface area (Å²) in [4.78, 5) is 27.1. The van der Waals surface area contributed by atoms with E-state index in [0.717, 1.165) is 11.3 Å². The Morgan fingerprint density at radius 3 is 2.61 bits per heavy atom. The second-order valence-electron chi connectivity index (χ2n) is 6.94. The molecule has 6 nitrogen and oxygen atoms in total. The second kappa shape index (κ2) is 9.70. The molecule has 0 saturated heterocycles. The van der Waals surface area contributed by atoms with E-state index in [9.17, 15) is 14.0 Å². The average molecular weight is 442 g/mol. The summed E-state index contributed by atoms with van der Waals surface area (Å²) >= 11 is 5.49. The van der Waals surface area contributed by atoms with Gasteiger partial charge in [0.25, 0.3) is 5.91 Å². The Bertz CT molecular complexity index is 1050. The molecule has 0 spiro atoms. The van der Waals surface area contributed by atoms with Crippen LogP contribution in [0, 0.1) is 5.82 Å². The van der Waals surface area contributed by atoms with Crippen LogP contribution in [-0.2, 0) is 9.53 Å². The fraction of sp³-hybridized carbons (Fsp3) is 0.261. The summed E-state index contributed by atoms with van der Waals surface area (Å²) in [6.45, 7) is 6.40. The highest BCUT2D eigenvalue weighted by Crippen LogP contribution is 2.32. The lowest BCUT2D eigenvalue weighted by Gasteiger charge is -2.37. The molecule has 1 aliphatic heterocycles. The molecule has 3 rings (SSSR count). The van der Waals surface area contributed by atoms with Crippen molar-refractivity contribution in [3.8, 4) is 0 Å². The van der Waals surface area contributed by atoms with Gasteiger partial charge in [-0.25, -0.2) is 9.18 Å². The van der Waals surface area contributed by atoms with Crippen LogP contribution in [0.4, 0.5) is 10.1 Å². The van der Waals surface area contributed by atoms with Gasteiger partial charge in [-0.3, -0.25) is 4.79 Å². The average Bonchev–Trinajstić information content (AvgIpc) is 2.74. The number of hydrogen-bond donors (Lipinski definition) is 2. The summed E-state index contributed by atoms with van der Waals surface area (Å²) in [5.74, 6) is -1.34. The Morgan fingerprint density at radius 2 is 1.94 bits per heavy atom. The minimum absolute atomic E-state index is 0.212. The van der Waals surface area contributed by atoms with Gasteiger partial charge in [0, 0.05) is 23.5 Å². The predicted octanol–water partition coefficient (Wildman–Crippen LogP) is 4.17. The largest absolute Gasteiger partial charge is 0.463 e. The quantitative estimate of drug-likeness (QED) is 0.518. The number of nitrogens with zero attached hydrogens (tertiary/aromatic N) is 1. The molecule has 1 atom stereocenters. The van der Waals surface area contributed by atoms with E-state index in [4.69, 9.17) is 17.0 Å². The summed E-state index contributed by atoms with van der Waals surface area (Å²) in [5.41, 5.74) is 2.65. The highest BCUT2D eigenvalue weighted by atomic mass is 32.1. The molecular weight excluding hydrogens is 417 g/mol. The van der Waals surface area contributed by atoms with Crippen molar-refractivity contribution >= 4 is 34.9 Å². The maximum Gasteiger partial charge on any atom is 0.338 e. The number of rotatable bonds is 6. The summed E-state index contributed by atoms with van der Waals surface area (Å²) in [6, 6.07) is 12.0. The number of benzene rings is 2. The van der Waals surface area contributed by atoms with Crippen molar-refractivity contribution in [2.45, 2.75) is 26.8 Å². The second-order valence-corrected chi connectivity index (χ2v) is 7.32. The Labute approximate surface area is 186 Å². The molecule has 2 aromatic carbocycles. The molecule has 1 aliphatic rings. The van der Waals surface area contributed by atoms with E-state index in [1.54, 1.807) is 25.1 Å². The third-order valence-electron chi connectivity index (χ3n) is 4.97. The third kappa shape index (κ3) is 4.91. The zero-order chi connectivity index (χ0) is 22.5. The molecule has 0 aliphatic carbocycles. The van der Waals surface area contributed by atoms with E-state index in [1.165, 1.54) is 24.3 Å². The molecule has 0 saturated carbocycles. The van der Waals surface area contributed by atoms with E-state index < -0.39 is 23.7 Å². The van der Waals surface area contributed by atoms with E-state index in [0.29, 0.717) is 22.9 Å². The topological polar surface area (TPSA) is 70.7 Å². The maximum absolute atomic E-state index is 13.4. The molecular formula is C23H24FN3O3S. The first kappa shape index (κ1) is 22.4. The van der Waals surface area contributed by atoms with Crippen molar-refractivity contribution in [3.63, 3.8) is 0 Å². The van der Waals surface area contributed by atoms with Gasteiger partial charge in [0.05, 0.1) is 18.2 Å². The zero-order valence-corrected chi connectivity index (χ0v) is 18.4. The van der Waals surface area contributed by atoms with Gasteiger partial charge in [-0.05, 0) is 68.9 Å². The Balaban J connectivity index is 1.94. The number of esters is 1. The van der Waals surface area contributed by atoms with Gasteiger partial charge in [-0.1, -0.05) is 18.2 Å². The molecule has 31 heavy (non-hydrogen) atoms. The van der Waals surface area contributed by atoms with Crippen molar-refractivity contribution in [2.24, 2.45) is 0 Å². The SMILES string of the molecule is CCOC(=O)C1=C(C)N(CC)C(=S)NC1c1cccc(NC(=O)c2cccc(F)c2)c1. The van der Waals surface area contributed by atoms with Crippen LogP contribution >= 0.6 is 12.2 Å². The van der Waals surface area contributed by atoms with E-state index in [2.05, 4.69) is 10.6 Å². The molecule has 0 fully saturated rings. The number of allylic oxidation sites excluding steroid dienone is 1. The maximum atomic E-state index is 13.4. The van der Waals surface area contributed by atoms with Crippen molar-refractivity contribution in [1.82, 2.24) is 10.2 Å². The standard InChI is InChI=1S/C23H24FN3O3S/c1-4-27-14(3)19(22(29)30-5-2)20(26-23(27)31)15-8-7-11-18(13-15)25-21(28)16-9-6-10-17(24)12-16/h6-13,20H,4-5H2,1-3H3,(H,25,28)(H,26,31). The van der Waals surface area contributed by atoms with Crippen molar-refractivity contribution in [2.75, 3.05) is 18.5 Å². The van der Waals surface area contributed by atoms with Gasteiger partial charge in [0.2, 0.25) is 0 Å². The predicted molar refractivity (Wildman–Crippen MR) is 121 cm³/mol. The van der Waals surface area contributed by atoms with Gasteiger partial charge in [0.15, 0.2) is 5.11 Å². The van der Waals surface area contributed by atoms with Gasteiger partial charge < -0.3 is 20.3 Å². The first-order chi connectivity index (χ1) is 14.8. The highest BCUT2D eigenvalue weighted by Gasteiger charge is 2.34. The molecule has 8 heteroatoms. The van der Waals surface area contributed by atoms with E-state index in [-0.39, 0.29) is 12.2 Å². The van der Waals surface area contributed by atoms with Crippen LogP contribution in [0.25, 0.3) is 0 Å². The Hall–Kier alpha value is -3.26. The molecule has 1 amide bonds. The fourth-order valence-electron chi connectivity index (χ4n) is 3.51. The molecule has 2 N–H and O–H groups in total. The smallest absolute Gasteiger partial charge is 0.338 e. The Kier molecular flexibility index (Phi) is 7.02. The minimum Gasteiger partial charge on any atom is -0.463 e. The van der Waals surface area contributed by atoms with Crippen LogP contribution in [0.2, 0.25) is 0 Å². The van der Waals surface area contributed by atoms with Crippen LogP contribution in [-0.4, -0.2) is 35.0 Å². The van der Waals surface area contributed by atoms with Crippen molar-refractivity contribution < 1.29 is 18.7 Å². The van der Waals surface area contributed by atoms with Gasteiger partial charge in [0.1, 0.15) is 5.82 Å². The number of thiocarbonyl (C=S) groups is 1. The normalized spacial score (nSPS) is 16.1. The molecule has 0 aromatic heterocycles. The third-order valence-corrected chi connectivity index (χ3v) is 5.31. The monoisotopic (exact) mass is 441 g/mol. The van der Waals surface area contributed by atoms with Gasteiger partial charge >= 0.3 is 5.97 Å². The summed E-state index contributed by atoms with van der Waals surface area (Å²) in [7, 11) is 0. The number of halogens is 1. The fourth-order valence-corrected chi connectivity index (χ4v) is 3.90. The van der Waals surface area contributed by atoms with Crippen LogP contribution in [0.5, 0.6) is 0 Å². The number of nitrogens with one attached hydrogen (secondary N) is 2. The number of ether oxygens (including phenoxy) is 1. The van der Waals surface area contributed by atoms with Crippen molar-refractivity contribution in [3.05, 3.63) is 76.7 Å². The number of carbonyl (C=O) groups is 2. The van der Waals surface area contributed by atoms with Crippen LogP contribution in [0.3, 0.4) is 0 Å². The zero-order valence-electron chi connectivity index (χ0n) is 17.6. The lowest BCUT2D eigenvalue weighted by atomic mass is 9.94. The number of carbonyl (C=O) groups excluding carboxylic acids is 2. The van der Waals surface area contributed by atoms with Gasteiger partial charge in [-0.2, -0.15) is 0 Å². The van der Waals surface area contributed by atoms with Crippen molar-refractivity contribution in [1.29, 1.82) is 0 Å². The molecule has 162 valence electrons. The number of anilines is 1.